The summed E-state index contributed by atoms with van der Waals surface area (Å²) < 4.78 is 0. The van der Waals surface area contributed by atoms with Crippen molar-refractivity contribution >= 4 is 0 Å². The third kappa shape index (κ3) is 1.79. The molecule has 1 fully saturated rings. The van der Waals surface area contributed by atoms with Gasteiger partial charge in [0.15, 0.2) is 0 Å². The number of hydrogen-bond acceptors (Lipinski definition) is 3. The molecule has 3 heteroatoms. The van der Waals surface area contributed by atoms with E-state index in [1.807, 2.05) is 0 Å². The second-order valence-electron chi connectivity index (χ2n) is 3.63. The van der Waals surface area contributed by atoms with Gasteiger partial charge in [0.05, 0.1) is 6.61 Å². The topological polar surface area (TPSA) is 41.5 Å². The van der Waals surface area contributed by atoms with E-state index in [0.29, 0.717) is 6.61 Å². The Kier molecular flexibility index (Phi) is 3.50. The quantitative estimate of drug-likeness (QED) is 0.675. The molecule has 0 aliphatic carbocycles. The van der Waals surface area contributed by atoms with Gasteiger partial charge in [-0.3, -0.25) is 4.84 Å². The summed E-state index contributed by atoms with van der Waals surface area (Å²) in [6.45, 7) is 4.92. The zero-order valence-corrected chi connectivity index (χ0v) is 7.97. The van der Waals surface area contributed by atoms with Gasteiger partial charge in [0.25, 0.3) is 0 Å². The summed E-state index contributed by atoms with van der Waals surface area (Å²) in [6.07, 6.45) is 3.88. The molecular weight excluding hydrogens is 154 g/mol. The van der Waals surface area contributed by atoms with Crippen molar-refractivity contribution in [2.45, 2.75) is 45.8 Å². The maximum absolute atomic E-state index is 9.63. The van der Waals surface area contributed by atoms with Gasteiger partial charge in [-0.15, -0.1) is 0 Å². The minimum absolute atomic E-state index is 0.0317. The predicted molar refractivity (Wildman–Crippen MR) is 47.3 cm³/mol. The number of hydroxylamine groups is 1. The van der Waals surface area contributed by atoms with Crippen LogP contribution < -0.4 is 5.48 Å². The molecule has 3 nitrogen and oxygen atoms in total. The van der Waals surface area contributed by atoms with Crippen LogP contribution in [0.1, 0.15) is 39.5 Å². The van der Waals surface area contributed by atoms with Gasteiger partial charge in [-0.2, -0.15) is 5.48 Å². The van der Waals surface area contributed by atoms with Crippen LogP contribution in [0.5, 0.6) is 0 Å². The van der Waals surface area contributed by atoms with Crippen LogP contribution in [0, 0.1) is 5.41 Å². The van der Waals surface area contributed by atoms with E-state index in [2.05, 4.69) is 19.3 Å². The molecular formula is C9H19NO2. The minimum Gasteiger partial charge on any atom is -0.376 e. The molecule has 0 amide bonds. The van der Waals surface area contributed by atoms with E-state index < -0.39 is 6.23 Å². The summed E-state index contributed by atoms with van der Waals surface area (Å²) in [7, 11) is 0. The van der Waals surface area contributed by atoms with Crippen LogP contribution in [0.15, 0.2) is 0 Å². The van der Waals surface area contributed by atoms with Crippen LogP contribution >= 0.6 is 0 Å². The van der Waals surface area contributed by atoms with E-state index in [0.717, 1.165) is 19.3 Å². The smallest absolute Gasteiger partial charge is 0.134 e. The Balaban J connectivity index is 2.49. The fourth-order valence-corrected chi connectivity index (χ4v) is 1.68. The highest BCUT2D eigenvalue weighted by molar-refractivity contribution is 4.85. The number of aliphatic hydroxyl groups excluding tert-OH is 1. The van der Waals surface area contributed by atoms with Crippen LogP contribution in [0.25, 0.3) is 0 Å². The second-order valence-corrected chi connectivity index (χ2v) is 3.63. The minimum atomic E-state index is -0.478. The largest absolute Gasteiger partial charge is 0.376 e. The van der Waals surface area contributed by atoms with E-state index in [4.69, 9.17) is 4.84 Å². The van der Waals surface area contributed by atoms with E-state index in [9.17, 15) is 5.11 Å². The van der Waals surface area contributed by atoms with Gasteiger partial charge in [-0.25, -0.2) is 0 Å². The van der Waals surface area contributed by atoms with Crippen molar-refractivity contribution in [3.05, 3.63) is 0 Å². The predicted octanol–water partition coefficient (Wildman–Crippen LogP) is 1.43. The van der Waals surface area contributed by atoms with Crippen molar-refractivity contribution in [3.63, 3.8) is 0 Å². The van der Waals surface area contributed by atoms with Gasteiger partial charge < -0.3 is 5.11 Å². The zero-order valence-electron chi connectivity index (χ0n) is 7.97. The lowest BCUT2D eigenvalue weighted by Gasteiger charge is -2.28. The normalized spacial score (nSPS) is 35.8. The first kappa shape index (κ1) is 9.96. The molecule has 2 N–H and O–H groups in total. The molecule has 72 valence electrons. The Morgan fingerprint density at radius 1 is 1.58 bits per heavy atom. The molecule has 2 unspecified atom stereocenters. The summed E-state index contributed by atoms with van der Waals surface area (Å²) >= 11 is 0. The highest BCUT2D eigenvalue weighted by Crippen LogP contribution is 2.35. The Labute approximate surface area is 74.1 Å². The number of unbranched alkanes of at least 4 members (excludes halogenated alkanes) is 1. The van der Waals surface area contributed by atoms with Crippen LogP contribution in [0.2, 0.25) is 0 Å². The molecule has 0 aromatic rings. The molecule has 1 aliphatic rings. The Morgan fingerprint density at radius 2 is 2.33 bits per heavy atom. The first-order valence-corrected chi connectivity index (χ1v) is 4.80. The monoisotopic (exact) mass is 173 g/mol. The van der Waals surface area contributed by atoms with Crippen LogP contribution in [-0.2, 0) is 4.84 Å². The van der Waals surface area contributed by atoms with Crippen LogP contribution in [0.3, 0.4) is 0 Å². The highest BCUT2D eigenvalue weighted by Gasteiger charge is 2.41. The van der Waals surface area contributed by atoms with Crippen molar-refractivity contribution < 1.29 is 9.94 Å². The molecule has 1 aliphatic heterocycles. The van der Waals surface area contributed by atoms with E-state index >= 15 is 0 Å². The summed E-state index contributed by atoms with van der Waals surface area (Å²) in [5.41, 5.74) is 2.59. The van der Waals surface area contributed by atoms with Crippen molar-refractivity contribution in [2.75, 3.05) is 6.61 Å². The number of nitrogens with one attached hydrogen (secondary N) is 1. The average Bonchev–Trinajstić information content (AvgIpc) is 2.45. The van der Waals surface area contributed by atoms with Gasteiger partial charge in [0.1, 0.15) is 6.23 Å². The third-order valence-electron chi connectivity index (χ3n) is 2.87. The van der Waals surface area contributed by atoms with Gasteiger partial charge in [-0.1, -0.05) is 26.7 Å². The Hall–Kier alpha value is -0.120. The zero-order chi connectivity index (χ0) is 9.03. The van der Waals surface area contributed by atoms with Gasteiger partial charge >= 0.3 is 0 Å². The summed E-state index contributed by atoms with van der Waals surface area (Å²) in [5, 5.41) is 9.63. The lowest BCUT2D eigenvalue weighted by atomic mass is 9.80. The van der Waals surface area contributed by atoms with Gasteiger partial charge in [-0.05, 0) is 12.8 Å². The molecule has 0 aromatic heterocycles. The summed E-state index contributed by atoms with van der Waals surface area (Å²) in [5.74, 6) is 0. The first-order chi connectivity index (χ1) is 5.75. The van der Waals surface area contributed by atoms with E-state index in [-0.39, 0.29) is 5.41 Å². The molecule has 0 spiro atoms. The standard InChI is InChI=1S/C9H19NO2/c1-3-5-6-9(4-2)7-12-10-8(9)11/h8,10-11H,3-7H2,1-2H3. The molecule has 0 saturated carbocycles. The molecule has 1 rings (SSSR count). The molecule has 1 saturated heterocycles. The number of hydrogen-bond donors (Lipinski definition) is 2. The summed E-state index contributed by atoms with van der Waals surface area (Å²) in [6, 6.07) is 0. The lowest BCUT2D eigenvalue weighted by molar-refractivity contribution is 0.00651. The number of rotatable bonds is 4. The van der Waals surface area contributed by atoms with E-state index in [1.54, 1.807) is 0 Å². The fourth-order valence-electron chi connectivity index (χ4n) is 1.68. The molecule has 0 radical (unpaired) electrons. The molecule has 1 heterocycles. The fraction of sp³-hybridized carbons (Fsp3) is 1.00. The van der Waals surface area contributed by atoms with Crippen molar-refractivity contribution in [2.24, 2.45) is 5.41 Å². The van der Waals surface area contributed by atoms with Crippen LogP contribution in [0.4, 0.5) is 0 Å². The van der Waals surface area contributed by atoms with Crippen molar-refractivity contribution in [1.29, 1.82) is 0 Å². The van der Waals surface area contributed by atoms with Crippen molar-refractivity contribution in [1.82, 2.24) is 5.48 Å². The van der Waals surface area contributed by atoms with Crippen LogP contribution in [-0.4, -0.2) is 17.9 Å². The van der Waals surface area contributed by atoms with E-state index in [1.165, 1.54) is 6.42 Å². The maximum atomic E-state index is 9.63. The number of aliphatic hydroxyl groups is 1. The Bertz CT molecular complexity index is 140. The lowest BCUT2D eigenvalue weighted by Crippen LogP contribution is -2.37. The molecule has 0 bridgehead atoms. The third-order valence-corrected chi connectivity index (χ3v) is 2.87. The van der Waals surface area contributed by atoms with Gasteiger partial charge in [0, 0.05) is 5.41 Å². The van der Waals surface area contributed by atoms with Gasteiger partial charge in [0.2, 0.25) is 0 Å². The highest BCUT2D eigenvalue weighted by atomic mass is 16.7. The summed E-state index contributed by atoms with van der Waals surface area (Å²) in [4.78, 5) is 5.06. The second kappa shape index (κ2) is 4.21. The first-order valence-electron chi connectivity index (χ1n) is 4.80. The molecule has 0 aromatic carbocycles. The molecule has 12 heavy (non-hydrogen) atoms. The Morgan fingerprint density at radius 3 is 2.75 bits per heavy atom. The molecule has 2 atom stereocenters. The SMILES string of the molecule is CCCCC1(CC)CONC1O. The average molecular weight is 173 g/mol. The maximum Gasteiger partial charge on any atom is 0.134 e. The van der Waals surface area contributed by atoms with Crippen molar-refractivity contribution in [3.8, 4) is 0 Å².